The third-order valence-corrected chi connectivity index (χ3v) is 2.70. The summed E-state index contributed by atoms with van der Waals surface area (Å²) in [6.07, 6.45) is 0.514. The third kappa shape index (κ3) is 4.11. The van der Waals surface area contributed by atoms with Gasteiger partial charge in [-0.05, 0) is 39.3 Å². The number of aliphatic hydroxyl groups is 1. The highest BCUT2D eigenvalue weighted by molar-refractivity contribution is 5.73. The molecule has 102 valence electrons. The normalized spacial score (nSPS) is 12.6. The Morgan fingerprint density at radius 1 is 1.33 bits per heavy atom. The van der Waals surface area contributed by atoms with Gasteiger partial charge in [0.15, 0.2) is 0 Å². The lowest BCUT2D eigenvalue weighted by molar-refractivity contribution is 0.187. The monoisotopic (exact) mass is 252 g/mol. The molecule has 0 amide bonds. The zero-order chi connectivity index (χ0) is 13.7. The Bertz CT molecular complexity index is 378. The zero-order valence-corrected chi connectivity index (χ0v) is 11.7. The molecule has 18 heavy (non-hydrogen) atoms. The van der Waals surface area contributed by atoms with Crippen LogP contribution < -0.4 is 15.4 Å². The van der Waals surface area contributed by atoms with Crippen molar-refractivity contribution in [1.82, 2.24) is 0 Å². The Hall–Kier alpha value is -1.42. The molecule has 0 bridgehead atoms. The van der Waals surface area contributed by atoms with E-state index in [1.165, 1.54) is 0 Å². The van der Waals surface area contributed by atoms with Crippen molar-refractivity contribution < 1.29 is 9.84 Å². The van der Waals surface area contributed by atoms with E-state index in [0.717, 1.165) is 12.2 Å². The highest BCUT2D eigenvalue weighted by atomic mass is 16.5. The SMILES string of the molecule is CC(O)CCN(C)c1cccc(OC(C)C)c1N. The molecule has 1 unspecified atom stereocenters. The van der Waals surface area contributed by atoms with Crippen LogP contribution in [0.15, 0.2) is 18.2 Å². The maximum absolute atomic E-state index is 9.31. The molecule has 1 rings (SSSR count). The Kier molecular flexibility index (Phi) is 5.28. The van der Waals surface area contributed by atoms with Crippen molar-refractivity contribution in [2.75, 3.05) is 24.2 Å². The van der Waals surface area contributed by atoms with E-state index in [9.17, 15) is 5.11 Å². The van der Waals surface area contributed by atoms with Crippen LogP contribution >= 0.6 is 0 Å². The highest BCUT2D eigenvalue weighted by Crippen LogP contribution is 2.32. The topological polar surface area (TPSA) is 58.7 Å². The average molecular weight is 252 g/mol. The third-order valence-electron chi connectivity index (χ3n) is 2.70. The predicted octanol–water partition coefficient (Wildman–Crippen LogP) is 2.26. The van der Waals surface area contributed by atoms with Crippen molar-refractivity contribution in [1.29, 1.82) is 0 Å². The predicted molar refractivity (Wildman–Crippen MR) is 76.2 cm³/mol. The minimum absolute atomic E-state index is 0.102. The van der Waals surface area contributed by atoms with Gasteiger partial charge in [-0.25, -0.2) is 0 Å². The second kappa shape index (κ2) is 6.50. The van der Waals surface area contributed by atoms with Gasteiger partial charge in [0.1, 0.15) is 5.75 Å². The Labute approximate surface area is 109 Å². The number of aliphatic hydroxyl groups excluding tert-OH is 1. The molecule has 0 aliphatic rings. The highest BCUT2D eigenvalue weighted by Gasteiger charge is 2.11. The number of nitrogen functional groups attached to an aromatic ring is 1. The summed E-state index contributed by atoms with van der Waals surface area (Å²) in [5, 5.41) is 9.31. The first-order valence-corrected chi connectivity index (χ1v) is 6.36. The maximum atomic E-state index is 9.31. The van der Waals surface area contributed by atoms with E-state index in [2.05, 4.69) is 0 Å². The minimum atomic E-state index is -0.302. The molecule has 1 aromatic carbocycles. The number of ether oxygens (including phenoxy) is 1. The molecule has 0 aromatic heterocycles. The number of rotatable bonds is 6. The van der Waals surface area contributed by atoms with Crippen LogP contribution in [0.3, 0.4) is 0 Å². The van der Waals surface area contributed by atoms with Gasteiger partial charge in [0.2, 0.25) is 0 Å². The van der Waals surface area contributed by atoms with Crippen LogP contribution in [-0.4, -0.2) is 30.9 Å². The molecule has 0 fully saturated rings. The summed E-state index contributed by atoms with van der Waals surface area (Å²) in [7, 11) is 1.97. The van der Waals surface area contributed by atoms with E-state index in [-0.39, 0.29) is 12.2 Å². The van der Waals surface area contributed by atoms with Gasteiger partial charge >= 0.3 is 0 Å². The van der Waals surface area contributed by atoms with Crippen molar-refractivity contribution in [2.45, 2.75) is 39.4 Å². The molecule has 0 saturated heterocycles. The standard InChI is InChI=1S/C14H24N2O2/c1-10(2)18-13-7-5-6-12(14(13)15)16(4)9-8-11(3)17/h5-7,10-11,17H,8-9,15H2,1-4H3. The summed E-state index contributed by atoms with van der Waals surface area (Å²) in [5.41, 5.74) is 7.70. The Balaban J connectivity index is 2.82. The van der Waals surface area contributed by atoms with Crippen molar-refractivity contribution in [3.63, 3.8) is 0 Å². The van der Waals surface area contributed by atoms with E-state index in [0.29, 0.717) is 17.9 Å². The molecular formula is C14H24N2O2. The average Bonchev–Trinajstić information content (AvgIpc) is 2.28. The van der Waals surface area contributed by atoms with Crippen LogP contribution in [0.2, 0.25) is 0 Å². The lowest BCUT2D eigenvalue weighted by atomic mass is 10.2. The summed E-state index contributed by atoms with van der Waals surface area (Å²) in [5.74, 6) is 0.714. The van der Waals surface area contributed by atoms with Gasteiger partial charge in [-0.1, -0.05) is 6.07 Å². The minimum Gasteiger partial charge on any atom is -0.489 e. The van der Waals surface area contributed by atoms with E-state index in [4.69, 9.17) is 10.5 Å². The summed E-state index contributed by atoms with van der Waals surface area (Å²) < 4.78 is 5.66. The zero-order valence-electron chi connectivity index (χ0n) is 11.7. The summed E-state index contributed by atoms with van der Waals surface area (Å²) in [6.45, 7) is 6.50. The Morgan fingerprint density at radius 2 is 2.00 bits per heavy atom. The first-order valence-electron chi connectivity index (χ1n) is 6.36. The largest absolute Gasteiger partial charge is 0.489 e. The van der Waals surface area contributed by atoms with Crippen molar-refractivity contribution in [3.8, 4) is 5.75 Å². The fraction of sp³-hybridized carbons (Fsp3) is 0.571. The number of hydrogen-bond donors (Lipinski definition) is 2. The smallest absolute Gasteiger partial charge is 0.144 e. The molecule has 1 atom stereocenters. The number of nitrogens with zero attached hydrogens (tertiary/aromatic N) is 1. The van der Waals surface area contributed by atoms with E-state index >= 15 is 0 Å². The molecule has 0 spiro atoms. The van der Waals surface area contributed by atoms with Gasteiger partial charge in [-0.2, -0.15) is 0 Å². The van der Waals surface area contributed by atoms with Crippen molar-refractivity contribution in [3.05, 3.63) is 18.2 Å². The van der Waals surface area contributed by atoms with Crippen LogP contribution in [0, 0.1) is 0 Å². The van der Waals surface area contributed by atoms with Gasteiger partial charge < -0.3 is 20.5 Å². The summed E-state index contributed by atoms with van der Waals surface area (Å²) in [4.78, 5) is 2.04. The van der Waals surface area contributed by atoms with Crippen LogP contribution in [0.1, 0.15) is 27.2 Å². The number of nitrogens with two attached hydrogens (primary N) is 1. The summed E-state index contributed by atoms with van der Waals surface area (Å²) in [6, 6.07) is 5.77. The number of anilines is 2. The van der Waals surface area contributed by atoms with E-state index in [1.807, 2.05) is 44.0 Å². The fourth-order valence-electron chi connectivity index (χ4n) is 1.72. The van der Waals surface area contributed by atoms with Gasteiger partial charge in [0.25, 0.3) is 0 Å². The maximum Gasteiger partial charge on any atom is 0.144 e. The molecule has 0 heterocycles. The number of benzene rings is 1. The van der Waals surface area contributed by atoms with Crippen LogP contribution in [0.25, 0.3) is 0 Å². The molecule has 0 aliphatic heterocycles. The lowest BCUT2D eigenvalue weighted by Gasteiger charge is -2.23. The summed E-state index contributed by atoms with van der Waals surface area (Å²) >= 11 is 0. The van der Waals surface area contributed by atoms with Gasteiger partial charge in [0.05, 0.1) is 23.6 Å². The first kappa shape index (κ1) is 14.6. The van der Waals surface area contributed by atoms with Gasteiger partial charge in [-0.15, -0.1) is 0 Å². The molecular weight excluding hydrogens is 228 g/mol. The number of hydrogen-bond acceptors (Lipinski definition) is 4. The van der Waals surface area contributed by atoms with Crippen LogP contribution in [0.5, 0.6) is 5.75 Å². The molecule has 0 radical (unpaired) electrons. The second-order valence-electron chi connectivity index (χ2n) is 4.91. The van der Waals surface area contributed by atoms with Crippen molar-refractivity contribution in [2.24, 2.45) is 0 Å². The Morgan fingerprint density at radius 3 is 2.56 bits per heavy atom. The molecule has 0 aliphatic carbocycles. The molecule has 1 aromatic rings. The molecule has 4 nitrogen and oxygen atoms in total. The van der Waals surface area contributed by atoms with E-state index in [1.54, 1.807) is 6.92 Å². The lowest BCUT2D eigenvalue weighted by Crippen LogP contribution is -2.23. The fourth-order valence-corrected chi connectivity index (χ4v) is 1.72. The second-order valence-corrected chi connectivity index (χ2v) is 4.91. The molecule has 3 N–H and O–H groups in total. The molecule has 0 saturated carbocycles. The quantitative estimate of drug-likeness (QED) is 0.762. The van der Waals surface area contributed by atoms with E-state index < -0.39 is 0 Å². The van der Waals surface area contributed by atoms with Crippen LogP contribution in [-0.2, 0) is 0 Å². The van der Waals surface area contributed by atoms with Gasteiger partial charge in [0, 0.05) is 13.6 Å². The van der Waals surface area contributed by atoms with Crippen molar-refractivity contribution >= 4 is 11.4 Å². The molecule has 4 heteroatoms. The first-order chi connectivity index (χ1) is 8.41. The van der Waals surface area contributed by atoms with Crippen LogP contribution in [0.4, 0.5) is 11.4 Å². The number of para-hydroxylation sites is 1. The van der Waals surface area contributed by atoms with Gasteiger partial charge in [-0.3, -0.25) is 0 Å².